The second-order valence-corrected chi connectivity index (χ2v) is 8.12. The molecule has 1 aromatic heterocycles. The first-order chi connectivity index (χ1) is 13.2. The first-order valence-corrected chi connectivity index (χ1v) is 10.3. The number of hydrogen-bond donors (Lipinski definition) is 2. The molecule has 1 aromatic carbocycles. The highest BCUT2D eigenvalue weighted by molar-refractivity contribution is 7.92. The second kappa shape index (κ2) is 7.85. The quantitative estimate of drug-likeness (QED) is 0.726. The number of carboxylic acids is 1. The van der Waals surface area contributed by atoms with Gasteiger partial charge >= 0.3 is 5.97 Å². The molecule has 148 valence electrons. The second-order valence-electron chi connectivity index (χ2n) is 6.37. The Morgan fingerprint density at radius 3 is 2.71 bits per heavy atom. The molecular weight excluding hydrogens is 386 g/mol. The Kier molecular flexibility index (Phi) is 5.50. The minimum absolute atomic E-state index is 0.182. The maximum atomic E-state index is 12.5. The van der Waals surface area contributed by atoms with Crippen molar-refractivity contribution in [3.8, 4) is 0 Å². The Morgan fingerprint density at radius 1 is 1.29 bits per heavy atom. The molecule has 3 rings (SSSR count). The molecule has 0 radical (unpaired) electrons. The van der Waals surface area contributed by atoms with E-state index in [4.69, 9.17) is 9.52 Å². The lowest BCUT2D eigenvalue weighted by molar-refractivity contribution is -0.141. The number of aliphatic carboxylic acids is 1. The van der Waals surface area contributed by atoms with Crippen LogP contribution in [0.3, 0.4) is 0 Å². The van der Waals surface area contributed by atoms with Crippen LogP contribution in [-0.2, 0) is 19.6 Å². The fourth-order valence-electron chi connectivity index (χ4n) is 2.92. The van der Waals surface area contributed by atoms with Gasteiger partial charge < -0.3 is 9.52 Å². The van der Waals surface area contributed by atoms with E-state index < -0.39 is 27.9 Å². The van der Waals surface area contributed by atoms with Gasteiger partial charge in [-0.1, -0.05) is 12.1 Å². The summed E-state index contributed by atoms with van der Waals surface area (Å²) < 4.78 is 30.7. The third kappa shape index (κ3) is 4.77. The van der Waals surface area contributed by atoms with Crippen LogP contribution in [0.4, 0.5) is 5.69 Å². The first-order valence-electron chi connectivity index (χ1n) is 8.46. The van der Waals surface area contributed by atoms with E-state index in [2.05, 4.69) is 9.82 Å². The lowest BCUT2D eigenvalue weighted by atomic mass is 10.0. The molecule has 2 aromatic rings. The van der Waals surface area contributed by atoms with Gasteiger partial charge in [-0.25, -0.2) is 13.4 Å². The van der Waals surface area contributed by atoms with Crippen molar-refractivity contribution < 1.29 is 27.5 Å². The number of hydrazone groups is 1. The molecule has 1 unspecified atom stereocenters. The Bertz CT molecular complexity index is 1010. The van der Waals surface area contributed by atoms with Crippen LogP contribution in [0.15, 0.2) is 52.2 Å². The minimum atomic E-state index is -3.43. The number of benzene rings is 1. The van der Waals surface area contributed by atoms with Crippen molar-refractivity contribution in [2.75, 3.05) is 11.0 Å². The van der Waals surface area contributed by atoms with Crippen molar-refractivity contribution in [1.29, 1.82) is 0 Å². The average Bonchev–Trinajstić information content (AvgIpc) is 3.27. The fraction of sp³-hybridized carbons (Fsp3) is 0.278. The average molecular weight is 405 g/mol. The standard InChI is InChI=1S/C18H19N3O6S/c1-28(25,26)20-13-5-2-4-12(10-13)14-11-15(16-6-3-9-27-16)21(19-14)17(22)7-8-18(23)24/h2-6,9-10,15,20H,7-8,11H2,1H3,(H,23,24). The summed E-state index contributed by atoms with van der Waals surface area (Å²) in [6.45, 7) is 0. The summed E-state index contributed by atoms with van der Waals surface area (Å²) in [5, 5.41) is 14.5. The molecule has 2 heterocycles. The molecular formula is C18H19N3O6S. The molecule has 10 heteroatoms. The summed E-state index contributed by atoms with van der Waals surface area (Å²) in [4.78, 5) is 23.3. The van der Waals surface area contributed by atoms with Crippen molar-refractivity contribution in [3.05, 3.63) is 54.0 Å². The monoisotopic (exact) mass is 405 g/mol. The molecule has 9 nitrogen and oxygen atoms in total. The van der Waals surface area contributed by atoms with Gasteiger partial charge in [0.1, 0.15) is 11.8 Å². The van der Waals surface area contributed by atoms with Gasteiger partial charge in [-0.05, 0) is 29.8 Å². The number of nitrogens with zero attached hydrogens (tertiary/aromatic N) is 2. The molecule has 28 heavy (non-hydrogen) atoms. The zero-order valence-electron chi connectivity index (χ0n) is 15.0. The molecule has 0 saturated carbocycles. The van der Waals surface area contributed by atoms with Crippen LogP contribution in [0.1, 0.15) is 36.6 Å². The van der Waals surface area contributed by atoms with Crippen LogP contribution in [0, 0.1) is 0 Å². The van der Waals surface area contributed by atoms with E-state index in [-0.39, 0.29) is 12.8 Å². The summed E-state index contributed by atoms with van der Waals surface area (Å²) in [6, 6.07) is 9.62. The Hall–Kier alpha value is -3.14. The van der Waals surface area contributed by atoms with Gasteiger partial charge in [0.15, 0.2) is 0 Å². The summed E-state index contributed by atoms with van der Waals surface area (Å²) >= 11 is 0. The highest BCUT2D eigenvalue weighted by Gasteiger charge is 2.34. The van der Waals surface area contributed by atoms with E-state index >= 15 is 0 Å². The van der Waals surface area contributed by atoms with Crippen molar-refractivity contribution in [1.82, 2.24) is 5.01 Å². The van der Waals surface area contributed by atoms with E-state index in [0.29, 0.717) is 29.1 Å². The molecule has 0 spiro atoms. The number of furan rings is 1. The van der Waals surface area contributed by atoms with Crippen molar-refractivity contribution >= 4 is 33.3 Å². The van der Waals surface area contributed by atoms with E-state index in [1.54, 1.807) is 36.4 Å². The Balaban J connectivity index is 1.89. The van der Waals surface area contributed by atoms with Crippen molar-refractivity contribution in [2.45, 2.75) is 25.3 Å². The van der Waals surface area contributed by atoms with Crippen molar-refractivity contribution in [2.24, 2.45) is 5.10 Å². The zero-order valence-corrected chi connectivity index (χ0v) is 15.8. The summed E-state index contributed by atoms with van der Waals surface area (Å²) in [6.07, 6.45) is 2.43. The van der Waals surface area contributed by atoms with E-state index in [9.17, 15) is 18.0 Å². The number of anilines is 1. The van der Waals surface area contributed by atoms with Crippen molar-refractivity contribution in [3.63, 3.8) is 0 Å². The van der Waals surface area contributed by atoms with Gasteiger partial charge in [0, 0.05) is 18.5 Å². The maximum absolute atomic E-state index is 12.5. The molecule has 1 aliphatic rings. The molecule has 0 saturated heterocycles. The fourth-order valence-corrected chi connectivity index (χ4v) is 3.48. The smallest absolute Gasteiger partial charge is 0.303 e. The first kappa shape index (κ1) is 19.6. The van der Waals surface area contributed by atoms with Crippen LogP contribution in [-0.4, -0.2) is 42.4 Å². The Morgan fingerprint density at radius 2 is 2.07 bits per heavy atom. The summed E-state index contributed by atoms with van der Waals surface area (Å²) in [5.74, 6) is -0.956. The minimum Gasteiger partial charge on any atom is -0.481 e. The molecule has 0 bridgehead atoms. The van der Waals surface area contributed by atoms with Crippen LogP contribution in [0.25, 0.3) is 0 Å². The molecule has 1 aliphatic heterocycles. The van der Waals surface area contributed by atoms with Gasteiger partial charge in [-0.15, -0.1) is 0 Å². The van der Waals surface area contributed by atoms with Crippen LogP contribution >= 0.6 is 0 Å². The van der Waals surface area contributed by atoms with Crippen LogP contribution < -0.4 is 4.72 Å². The largest absolute Gasteiger partial charge is 0.481 e. The number of sulfonamides is 1. The molecule has 0 aliphatic carbocycles. The molecule has 0 fully saturated rings. The van der Waals surface area contributed by atoms with Gasteiger partial charge in [0.25, 0.3) is 0 Å². The topological polar surface area (TPSA) is 129 Å². The number of rotatable bonds is 7. The lowest BCUT2D eigenvalue weighted by Crippen LogP contribution is -2.27. The number of carbonyl (C=O) groups excluding carboxylic acids is 1. The number of amides is 1. The van der Waals surface area contributed by atoms with Crippen LogP contribution in [0.2, 0.25) is 0 Å². The Labute approximate surface area is 161 Å². The predicted molar refractivity (Wildman–Crippen MR) is 101 cm³/mol. The van der Waals surface area contributed by atoms with Gasteiger partial charge in [0.2, 0.25) is 15.9 Å². The van der Waals surface area contributed by atoms with E-state index in [1.807, 2.05) is 0 Å². The van der Waals surface area contributed by atoms with Gasteiger partial charge in [-0.3, -0.25) is 14.3 Å². The molecule has 1 amide bonds. The summed E-state index contributed by atoms with van der Waals surface area (Å²) in [5.41, 5.74) is 1.61. The number of hydrogen-bond acceptors (Lipinski definition) is 6. The SMILES string of the molecule is CS(=O)(=O)Nc1cccc(C2=NN(C(=O)CCC(=O)O)C(c3ccco3)C2)c1. The van der Waals surface area contributed by atoms with E-state index in [0.717, 1.165) is 6.26 Å². The lowest BCUT2D eigenvalue weighted by Gasteiger charge is -2.19. The highest BCUT2D eigenvalue weighted by atomic mass is 32.2. The predicted octanol–water partition coefficient (Wildman–Crippen LogP) is 2.19. The third-order valence-corrected chi connectivity index (χ3v) is 4.70. The third-order valence-electron chi connectivity index (χ3n) is 4.09. The molecule has 1 atom stereocenters. The van der Waals surface area contributed by atoms with Gasteiger partial charge in [-0.2, -0.15) is 5.10 Å². The highest BCUT2D eigenvalue weighted by Crippen LogP contribution is 2.34. The van der Waals surface area contributed by atoms with E-state index in [1.165, 1.54) is 11.3 Å². The number of carboxylic acid groups (broad SMARTS) is 1. The summed E-state index contributed by atoms with van der Waals surface area (Å²) in [7, 11) is -3.43. The number of carbonyl (C=O) groups is 2. The zero-order chi connectivity index (χ0) is 20.3. The van der Waals surface area contributed by atoms with Crippen LogP contribution in [0.5, 0.6) is 0 Å². The normalized spacial score (nSPS) is 16.7. The van der Waals surface area contributed by atoms with Gasteiger partial charge in [0.05, 0.1) is 24.7 Å². The number of nitrogens with one attached hydrogen (secondary N) is 1. The molecule has 2 N–H and O–H groups in total. The maximum Gasteiger partial charge on any atom is 0.303 e.